The molecular weight excluding hydrogens is 288 g/mol. The zero-order valence-corrected chi connectivity index (χ0v) is 14.0. The average Bonchev–Trinajstić information content (AvgIpc) is 2.79. The molecule has 124 valence electrons. The molecule has 0 heterocycles. The van der Waals surface area contributed by atoms with Gasteiger partial charge in [0.2, 0.25) is 0 Å². The number of ether oxygens (including phenoxy) is 3. The second-order valence-corrected chi connectivity index (χ2v) is 6.93. The molecule has 0 spiro atoms. The maximum Gasteiger partial charge on any atom is 0.303 e. The molecule has 0 aliphatic heterocycles. The predicted octanol–water partition coefficient (Wildman–Crippen LogP) is 1.85. The highest BCUT2D eigenvalue weighted by Gasteiger charge is 2.82. The molecule has 2 aliphatic rings. The van der Waals surface area contributed by atoms with E-state index in [4.69, 9.17) is 14.2 Å². The molecule has 0 bridgehead atoms. The highest BCUT2D eigenvalue weighted by molar-refractivity contribution is 5.69. The number of hydrogen-bond donors (Lipinski definition) is 0. The van der Waals surface area contributed by atoms with E-state index >= 15 is 0 Å². The average molecular weight is 312 g/mol. The van der Waals surface area contributed by atoms with Crippen LogP contribution in [0.3, 0.4) is 0 Å². The van der Waals surface area contributed by atoms with Gasteiger partial charge < -0.3 is 14.2 Å². The van der Waals surface area contributed by atoms with Crippen molar-refractivity contribution in [1.82, 2.24) is 0 Å². The third-order valence-electron chi connectivity index (χ3n) is 5.19. The molecule has 5 atom stereocenters. The summed E-state index contributed by atoms with van der Waals surface area (Å²) in [4.78, 5) is 34.4. The van der Waals surface area contributed by atoms with Crippen LogP contribution in [0.4, 0.5) is 0 Å². The van der Waals surface area contributed by atoms with Crippen molar-refractivity contribution in [2.45, 2.75) is 65.8 Å². The van der Waals surface area contributed by atoms with Crippen molar-refractivity contribution in [3.8, 4) is 0 Å². The highest BCUT2D eigenvalue weighted by Crippen LogP contribution is 2.71. The fraction of sp³-hybridized carbons (Fsp3) is 0.812. The minimum Gasteiger partial charge on any atom is -0.462 e. The van der Waals surface area contributed by atoms with Gasteiger partial charge in [-0.05, 0) is 6.42 Å². The Morgan fingerprint density at radius 1 is 0.955 bits per heavy atom. The fourth-order valence-corrected chi connectivity index (χ4v) is 4.17. The van der Waals surface area contributed by atoms with Crippen LogP contribution in [0.15, 0.2) is 0 Å². The van der Waals surface area contributed by atoms with E-state index in [-0.39, 0.29) is 29.3 Å². The van der Waals surface area contributed by atoms with Crippen LogP contribution in [0.2, 0.25) is 0 Å². The van der Waals surface area contributed by atoms with Gasteiger partial charge in [-0.25, -0.2) is 0 Å². The molecule has 6 heteroatoms. The molecule has 2 saturated carbocycles. The van der Waals surface area contributed by atoms with Crippen LogP contribution in [0.25, 0.3) is 0 Å². The number of carbonyl (C=O) groups excluding carboxylic acids is 3. The first kappa shape index (κ1) is 16.8. The second kappa shape index (κ2) is 5.25. The number of esters is 3. The highest BCUT2D eigenvalue weighted by atomic mass is 16.6. The molecule has 6 nitrogen and oxygen atoms in total. The van der Waals surface area contributed by atoms with Crippen molar-refractivity contribution >= 4 is 17.9 Å². The first-order valence-electron chi connectivity index (χ1n) is 7.58. The zero-order chi connectivity index (χ0) is 16.9. The van der Waals surface area contributed by atoms with Gasteiger partial charge in [-0.3, -0.25) is 14.4 Å². The summed E-state index contributed by atoms with van der Waals surface area (Å²) >= 11 is 0. The van der Waals surface area contributed by atoms with Crippen molar-refractivity contribution < 1.29 is 28.6 Å². The lowest BCUT2D eigenvalue weighted by atomic mass is 9.82. The molecule has 0 aromatic rings. The Labute approximate surface area is 130 Å². The summed E-state index contributed by atoms with van der Waals surface area (Å²) in [6.45, 7) is 9.87. The lowest BCUT2D eigenvalue weighted by Crippen LogP contribution is -2.52. The molecule has 0 aromatic heterocycles. The quantitative estimate of drug-likeness (QED) is 0.584. The summed E-state index contributed by atoms with van der Waals surface area (Å²) in [5.41, 5.74) is -1.16. The first-order chi connectivity index (χ1) is 10.0. The fourth-order valence-electron chi connectivity index (χ4n) is 4.17. The molecule has 2 fully saturated rings. The molecule has 0 N–H and O–H groups in total. The van der Waals surface area contributed by atoms with Crippen molar-refractivity contribution in [2.24, 2.45) is 17.3 Å². The van der Waals surface area contributed by atoms with Gasteiger partial charge in [0.1, 0.15) is 12.2 Å². The third kappa shape index (κ3) is 2.38. The van der Waals surface area contributed by atoms with Crippen LogP contribution in [0.5, 0.6) is 0 Å². The molecule has 22 heavy (non-hydrogen) atoms. The first-order valence-corrected chi connectivity index (χ1v) is 7.58. The Balaban J connectivity index is 2.37. The predicted molar refractivity (Wildman–Crippen MR) is 76.7 cm³/mol. The van der Waals surface area contributed by atoms with Crippen molar-refractivity contribution in [3.05, 3.63) is 0 Å². The molecule has 0 aromatic carbocycles. The standard InChI is InChI=1S/C16H24O6/c1-8-12(20-9(2)17)7-13-15(5,6)16(13,22-11(4)19)14(8)21-10(3)18/h8,12-14H,7H2,1-6H3/t8-,12-,13?,14+,16+/m0/s1. The lowest BCUT2D eigenvalue weighted by Gasteiger charge is -2.39. The van der Waals surface area contributed by atoms with E-state index in [0.29, 0.717) is 6.42 Å². The summed E-state index contributed by atoms with van der Waals surface area (Å²) in [7, 11) is 0. The molecule has 1 unspecified atom stereocenters. The van der Waals surface area contributed by atoms with Crippen LogP contribution in [-0.4, -0.2) is 35.7 Å². The van der Waals surface area contributed by atoms with Gasteiger partial charge in [-0.1, -0.05) is 20.8 Å². The van der Waals surface area contributed by atoms with E-state index in [2.05, 4.69) is 0 Å². The molecular formula is C16H24O6. The smallest absolute Gasteiger partial charge is 0.303 e. The molecule has 2 aliphatic carbocycles. The van der Waals surface area contributed by atoms with Crippen LogP contribution < -0.4 is 0 Å². The number of fused-ring (bicyclic) bond motifs is 1. The van der Waals surface area contributed by atoms with E-state index in [1.54, 1.807) is 0 Å². The van der Waals surface area contributed by atoms with Gasteiger partial charge in [0.15, 0.2) is 5.60 Å². The summed E-state index contributed by atoms with van der Waals surface area (Å²) in [5.74, 6) is -1.45. The van der Waals surface area contributed by atoms with Gasteiger partial charge in [-0.15, -0.1) is 0 Å². The van der Waals surface area contributed by atoms with Crippen molar-refractivity contribution in [2.75, 3.05) is 0 Å². The van der Waals surface area contributed by atoms with Crippen molar-refractivity contribution in [1.29, 1.82) is 0 Å². The molecule has 2 rings (SSSR count). The Morgan fingerprint density at radius 3 is 1.95 bits per heavy atom. The zero-order valence-electron chi connectivity index (χ0n) is 14.0. The van der Waals surface area contributed by atoms with Gasteiger partial charge in [0, 0.05) is 38.0 Å². The topological polar surface area (TPSA) is 78.9 Å². The SMILES string of the molecule is CC(=O)O[C@H]1CC2C(C)(C)[C@]2(OC(C)=O)[C@H](OC(C)=O)[C@H]1C. The molecule has 0 radical (unpaired) electrons. The van der Waals surface area contributed by atoms with E-state index < -0.39 is 23.6 Å². The van der Waals surface area contributed by atoms with Gasteiger partial charge in [0.25, 0.3) is 0 Å². The van der Waals surface area contributed by atoms with E-state index in [1.807, 2.05) is 20.8 Å². The van der Waals surface area contributed by atoms with E-state index in [1.165, 1.54) is 20.8 Å². The summed E-state index contributed by atoms with van der Waals surface area (Å²) in [5, 5.41) is 0. The van der Waals surface area contributed by atoms with E-state index in [9.17, 15) is 14.4 Å². The lowest BCUT2D eigenvalue weighted by molar-refractivity contribution is -0.194. The third-order valence-corrected chi connectivity index (χ3v) is 5.19. The summed E-state index contributed by atoms with van der Waals surface area (Å²) < 4.78 is 16.5. The largest absolute Gasteiger partial charge is 0.462 e. The summed E-state index contributed by atoms with van der Waals surface area (Å²) in [6.07, 6.45) is -0.372. The number of hydrogen-bond acceptors (Lipinski definition) is 6. The summed E-state index contributed by atoms with van der Waals surface area (Å²) in [6, 6.07) is 0. The van der Waals surface area contributed by atoms with E-state index in [0.717, 1.165) is 0 Å². The molecule has 0 amide bonds. The number of carbonyl (C=O) groups is 3. The number of rotatable bonds is 3. The van der Waals surface area contributed by atoms with Gasteiger partial charge in [-0.2, -0.15) is 0 Å². The van der Waals surface area contributed by atoms with Crippen LogP contribution >= 0.6 is 0 Å². The monoisotopic (exact) mass is 312 g/mol. The normalized spacial score (nSPS) is 38.5. The maximum absolute atomic E-state index is 11.6. The van der Waals surface area contributed by atoms with Crippen LogP contribution in [0.1, 0.15) is 48.0 Å². The minimum atomic E-state index is -0.833. The van der Waals surface area contributed by atoms with Crippen LogP contribution in [-0.2, 0) is 28.6 Å². The van der Waals surface area contributed by atoms with Gasteiger partial charge >= 0.3 is 17.9 Å². The Bertz CT molecular complexity index is 511. The molecule has 0 saturated heterocycles. The van der Waals surface area contributed by atoms with Crippen molar-refractivity contribution in [3.63, 3.8) is 0 Å². The second-order valence-electron chi connectivity index (χ2n) is 6.93. The Morgan fingerprint density at radius 2 is 1.50 bits per heavy atom. The van der Waals surface area contributed by atoms with Gasteiger partial charge in [0.05, 0.1) is 0 Å². The maximum atomic E-state index is 11.6. The van der Waals surface area contributed by atoms with Crippen LogP contribution in [0, 0.1) is 17.3 Å². The Hall–Kier alpha value is -1.59. The minimum absolute atomic E-state index is 0.00574. The Kier molecular flexibility index (Phi) is 4.00.